The molecule has 18 aromatic rings. The molecule has 0 aliphatic carbocycles. The minimum absolute atomic E-state index is 0.140. The SMILES string of the molecule is CC(C)(C)c1cc(-c2ccccc2N2c3ccc(-c4ccccc4)cc3B3c4cc5c6ccccc6c6ccccc6c6cccc7c8ccccc8n(c5cc4N(c4ccccc4-c4cc(C(C)(C)C)cc(C(C)(C)C)c4)c4cc(-c5ccc8c(c5)Oc5ccccc5C8(c5ccccc5)c5ccccc5)cc2c43)c67)cc(C(C)(C)C)c1. The average molecular weight is 1520 g/mol. The van der Waals surface area contributed by atoms with Crippen molar-refractivity contribution in [3.8, 4) is 56.0 Å². The summed E-state index contributed by atoms with van der Waals surface area (Å²) in [5.41, 5.74) is 31.1. The van der Waals surface area contributed by atoms with Gasteiger partial charge in [-0.05, 0) is 181 Å². The van der Waals surface area contributed by atoms with Gasteiger partial charge in [0, 0.05) is 66.5 Å². The monoisotopic (exact) mass is 1520 g/mol. The maximum absolute atomic E-state index is 7.50. The Morgan fingerprint density at radius 2 is 0.678 bits per heavy atom. The quantitative estimate of drug-likeness (QED) is 0.141. The molecule has 5 heterocycles. The van der Waals surface area contributed by atoms with Crippen LogP contribution in [-0.2, 0) is 27.1 Å². The Hall–Kier alpha value is -13.2. The summed E-state index contributed by atoms with van der Waals surface area (Å²) < 4.78 is 10.1. The number of ether oxygens (including phenoxy) is 1. The van der Waals surface area contributed by atoms with Gasteiger partial charge in [-0.3, -0.25) is 0 Å². The molecule has 16 aromatic carbocycles. The van der Waals surface area contributed by atoms with Gasteiger partial charge in [0.05, 0.1) is 33.3 Å². The van der Waals surface area contributed by atoms with Crippen molar-refractivity contribution in [2.75, 3.05) is 9.80 Å². The van der Waals surface area contributed by atoms with E-state index >= 15 is 0 Å². The van der Waals surface area contributed by atoms with Crippen molar-refractivity contribution in [2.45, 2.75) is 110 Å². The van der Waals surface area contributed by atoms with Gasteiger partial charge in [0.1, 0.15) is 11.5 Å². The van der Waals surface area contributed by atoms with Gasteiger partial charge in [0.25, 0.3) is 6.71 Å². The molecule has 0 fully saturated rings. The second-order valence-electron chi connectivity index (χ2n) is 37.2. The number of hydrogen-bond donors (Lipinski definition) is 0. The predicted octanol–water partition coefficient (Wildman–Crippen LogP) is 28.7. The van der Waals surface area contributed by atoms with Crippen LogP contribution in [0.5, 0.6) is 11.5 Å². The Bertz CT molecular complexity index is 7100. The van der Waals surface area contributed by atoms with Gasteiger partial charge in [-0.1, -0.05) is 380 Å². The molecule has 0 bridgehead atoms. The van der Waals surface area contributed by atoms with Crippen molar-refractivity contribution in [1.82, 2.24) is 4.40 Å². The number of para-hydroxylation sites is 5. The number of benzene rings is 16. The fourth-order valence-electron chi connectivity index (χ4n) is 19.8. The van der Waals surface area contributed by atoms with Crippen LogP contribution in [0.3, 0.4) is 0 Å². The van der Waals surface area contributed by atoms with Crippen molar-refractivity contribution in [1.29, 1.82) is 0 Å². The lowest BCUT2D eigenvalue weighted by atomic mass is 9.33. The smallest absolute Gasteiger partial charge is 0.252 e. The first-order chi connectivity index (χ1) is 57.1. The van der Waals surface area contributed by atoms with Crippen molar-refractivity contribution in [3.05, 3.63) is 396 Å². The van der Waals surface area contributed by atoms with E-state index < -0.39 is 5.41 Å². The molecule has 0 atom stereocenters. The Balaban J connectivity index is 0.956. The van der Waals surface area contributed by atoms with Crippen LogP contribution >= 0.6 is 0 Å². The molecular weight excluding hydrogens is 1430 g/mol. The number of anilines is 6. The molecular formula is C113H94BN3O. The lowest BCUT2D eigenvalue weighted by molar-refractivity contribution is 0.434. The fourth-order valence-corrected chi connectivity index (χ4v) is 19.8. The molecule has 4 nitrogen and oxygen atoms in total. The van der Waals surface area contributed by atoms with Gasteiger partial charge in [0.15, 0.2) is 0 Å². The number of fused-ring (bicyclic) bond motifs is 16. The van der Waals surface area contributed by atoms with Gasteiger partial charge in [-0.15, -0.1) is 0 Å². The molecule has 3 aliphatic heterocycles. The summed E-state index contributed by atoms with van der Waals surface area (Å²) in [5, 5.41) is 9.53. The Morgan fingerprint density at radius 3 is 1.24 bits per heavy atom. The number of aromatic nitrogens is 1. The highest BCUT2D eigenvalue weighted by Crippen LogP contribution is 2.58. The van der Waals surface area contributed by atoms with E-state index in [0.29, 0.717) is 0 Å². The molecule has 0 amide bonds. The van der Waals surface area contributed by atoms with Crippen LogP contribution in [0.15, 0.2) is 352 Å². The normalized spacial score (nSPS) is 13.7. The Morgan fingerprint density at radius 1 is 0.254 bits per heavy atom. The van der Waals surface area contributed by atoms with Gasteiger partial charge in [-0.2, -0.15) is 0 Å². The van der Waals surface area contributed by atoms with Crippen LogP contribution in [0.4, 0.5) is 34.1 Å². The summed E-state index contributed by atoms with van der Waals surface area (Å²) in [4.78, 5) is 5.38. The molecule has 0 spiro atoms. The molecule has 0 N–H and O–H groups in total. The van der Waals surface area contributed by atoms with E-state index in [2.05, 4.69) is 449 Å². The molecule has 570 valence electrons. The summed E-state index contributed by atoms with van der Waals surface area (Å²) in [7, 11) is 0. The standard InChI is InChI=1S/C113H94BN3O/c1-109(2,3)79-59-75(60-80(67-79)110(4,5)6)83-41-26-30-51-97(83)115-100-58-56-72(71-35-16-13-17-36-71)63-95(100)114-96-69-92-88-46-25-23-44-86(88)85-43-22-24-45-87(85)90-48-34-49-91-89-47-28-32-53-99(89)117(108(90)91)101(92)70-102(96)116(98-52-31-27-42-84(98)76-61-81(111(7,8)9)68-82(62-76)112(10,11)12)104-65-74(64-103(115)107(104)114)73-55-57-94-106(66-73)118-105-54-33-29-50-93(105)113(94,77-37-18-14-19-38-77)78-39-20-15-21-40-78/h13-70H,1-12H3. The fraction of sp³-hybridized carbons (Fsp3) is 0.150. The molecule has 0 saturated heterocycles. The van der Waals surface area contributed by atoms with Gasteiger partial charge >= 0.3 is 0 Å². The molecule has 0 unspecified atom stereocenters. The van der Waals surface area contributed by atoms with E-state index in [1.165, 1.54) is 104 Å². The van der Waals surface area contributed by atoms with E-state index in [-0.39, 0.29) is 28.4 Å². The minimum Gasteiger partial charge on any atom is -0.457 e. The molecule has 0 saturated carbocycles. The van der Waals surface area contributed by atoms with E-state index in [0.717, 1.165) is 107 Å². The van der Waals surface area contributed by atoms with Crippen molar-refractivity contribution in [3.63, 3.8) is 0 Å². The zero-order chi connectivity index (χ0) is 80.5. The molecule has 0 radical (unpaired) electrons. The number of rotatable bonds is 8. The summed E-state index contributed by atoms with van der Waals surface area (Å²) in [6, 6.07) is 135. The largest absolute Gasteiger partial charge is 0.457 e. The van der Waals surface area contributed by atoms with E-state index in [1.807, 2.05) is 0 Å². The van der Waals surface area contributed by atoms with Crippen molar-refractivity contribution < 1.29 is 4.74 Å². The molecule has 3 aliphatic rings. The van der Waals surface area contributed by atoms with E-state index in [1.54, 1.807) is 0 Å². The first-order valence-corrected chi connectivity index (χ1v) is 42.0. The van der Waals surface area contributed by atoms with Crippen LogP contribution < -0.4 is 30.9 Å². The Kier molecular flexibility index (Phi) is 16.5. The lowest BCUT2D eigenvalue weighted by Gasteiger charge is -2.45. The topological polar surface area (TPSA) is 20.1 Å². The highest BCUT2D eigenvalue weighted by molar-refractivity contribution is 7.00. The summed E-state index contributed by atoms with van der Waals surface area (Å²) >= 11 is 0. The van der Waals surface area contributed by atoms with Gasteiger partial charge < -0.3 is 18.9 Å². The van der Waals surface area contributed by atoms with Crippen LogP contribution in [0.25, 0.3) is 104 Å². The Labute approximate surface area is 693 Å². The third kappa shape index (κ3) is 11.5. The van der Waals surface area contributed by atoms with Crippen LogP contribution in [-0.4, -0.2) is 11.1 Å². The van der Waals surface area contributed by atoms with Crippen LogP contribution in [0.1, 0.15) is 128 Å². The molecule has 118 heavy (non-hydrogen) atoms. The lowest BCUT2D eigenvalue weighted by Crippen LogP contribution is -2.61. The second kappa shape index (κ2) is 26.9. The maximum Gasteiger partial charge on any atom is 0.252 e. The molecule has 21 rings (SSSR count). The van der Waals surface area contributed by atoms with Gasteiger partial charge in [0.2, 0.25) is 0 Å². The highest BCUT2D eigenvalue weighted by atomic mass is 16.5. The first-order valence-electron chi connectivity index (χ1n) is 42.0. The predicted molar refractivity (Wildman–Crippen MR) is 503 cm³/mol. The van der Waals surface area contributed by atoms with Crippen molar-refractivity contribution >= 4 is 117 Å². The summed E-state index contributed by atoms with van der Waals surface area (Å²) in [6.45, 7) is 28.0. The summed E-state index contributed by atoms with van der Waals surface area (Å²) in [5.74, 6) is 1.64. The molecule has 2 aromatic heterocycles. The van der Waals surface area contributed by atoms with E-state index in [9.17, 15) is 0 Å². The third-order valence-corrected chi connectivity index (χ3v) is 25.8. The zero-order valence-electron chi connectivity index (χ0n) is 69.3. The second-order valence-corrected chi connectivity index (χ2v) is 37.2. The minimum atomic E-state index is -0.724. The van der Waals surface area contributed by atoms with Crippen molar-refractivity contribution in [2.24, 2.45) is 0 Å². The first kappa shape index (κ1) is 72.5. The van der Waals surface area contributed by atoms with Gasteiger partial charge in [-0.25, -0.2) is 0 Å². The third-order valence-electron chi connectivity index (χ3n) is 25.8. The summed E-state index contributed by atoms with van der Waals surface area (Å²) in [6.07, 6.45) is 0. The average Bonchev–Trinajstić information content (AvgIpc) is 0.943. The zero-order valence-corrected chi connectivity index (χ0v) is 69.3. The maximum atomic E-state index is 7.50. The van der Waals surface area contributed by atoms with Crippen LogP contribution in [0.2, 0.25) is 0 Å². The number of hydrogen-bond acceptors (Lipinski definition) is 3. The van der Waals surface area contributed by atoms with Crippen LogP contribution in [0, 0.1) is 0 Å². The molecule has 5 heteroatoms. The van der Waals surface area contributed by atoms with E-state index in [4.69, 9.17) is 4.74 Å². The highest BCUT2D eigenvalue weighted by Gasteiger charge is 2.48. The number of nitrogens with zero attached hydrogens (tertiary/aromatic N) is 3.